The molecule has 0 bridgehead atoms. The highest BCUT2D eigenvalue weighted by molar-refractivity contribution is 6.15. The van der Waals surface area contributed by atoms with Crippen LogP contribution >= 0.6 is 0 Å². The molecule has 7 rings (SSSR count). The maximum atomic E-state index is 14.0. The number of hydrogen-bond donors (Lipinski definition) is 5. The number of imidazole rings is 1. The van der Waals surface area contributed by atoms with Crippen LogP contribution in [0.2, 0.25) is 0 Å². The molecule has 4 aromatic carbocycles. The van der Waals surface area contributed by atoms with E-state index in [2.05, 4.69) is 33.1 Å². The normalized spacial score (nSPS) is 17.0. The minimum absolute atomic E-state index is 0.0594. The lowest BCUT2D eigenvalue weighted by atomic mass is 9.92. The molecule has 11 heteroatoms. The Bertz CT molecular complexity index is 2170. The van der Waals surface area contributed by atoms with Crippen molar-refractivity contribution in [2.45, 2.75) is 63.1 Å². The smallest absolute Gasteiger partial charge is 0.323 e. The van der Waals surface area contributed by atoms with Crippen LogP contribution in [0.15, 0.2) is 78.9 Å². The fraction of sp³-hybridized carbons (Fsp3) is 0.289. The number of para-hydroxylation sites is 1. The summed E-state index contributed by atoms with van der Waals surface area (Å²) in [5.74, 6) is -0.561. The van der Waals surface area contributed by atoms with Gasteiger partial charge in [-0.15, -0.1) is 0 Å². The number of aromatic nitrogens is 3. The zero-order chi connectivity index (χ0) is 34.1. The van der Waals surface area contributed by atoms with Gasteiger partial charge in [0.15, 0.2) is 0 Å². The molecule has 1 saturated carbocycles. The van der Waals surface area contributed by atoms with Crippen LogP contribution in [0.5, 0.6) is 0 Å². The highest BCUT2D eigenvalue weighted by Gasteiger charge is 2.27. The third-order valence-electron chi connectivity index (χ3n) is 9.51. The number of ether oxygens (including phenoxy) is 1. The van der Waals surface area contributed by atoms with Gasteiger partial charge in [-0.1, -0.05) is 36.8 Å². The van der Waals surface area contributed by atoms with Crippen molar-refractivity contribution < 1.29 is 18.7 Å². The Morgan fingerprint density at radius 3 is 2.57 bits per heavy atom. The molecule has 0 aliphatic heterocycles. The molecule has 0 saturated heterocycles. The Morgan fingerprint density at radius 2 is 1.78 bits per heavy atom. The number of primary amides is 1. The second-order valence-electron chi connectivity index (χ2n) is 12.8. The molecule has 1 atom stereocenters. The number of benzene rings is 4. The quantitative estimate of drug-likeness (QED) is 0.0804. The van der Waals surface area contributed by atoms with E-state index in [4.69, 9.17) is 26.9 Å². The summed E-state index contributed by atoms with van der Waals surface area (Å²) >= 11 is 0. The van der Waals surface area contributed by atoms with Gasteiger partial charge >= 0.3 is 5.97 Å². The Kier molecular flexibility index (Phi) is 9.03. The lowest BCUT2D eigenvalue weighted by Crippen LogP contribution is -2.37. The number of carbonyl (C=O) groups excluding carboxylic acids is 2. The number of anilines is 1. The van der Waals surface area contributed by atoms with Gasteiger partial charge in [-0.25, -0.2) is 9.37 Å². The van der Waals surface area contributed by atoms with Crippen molar-refractivity contribution >= 4 is 50.4 Å². The largest absolute Gasteiger partial charge is 0.461 e. The molecule has 8 N–H and O–H groups in total. The highest BCUT2D eigenvalue weighted by atomic mass is 19.1. The molecular formula is C38H40FN7O3. The maximum absolute atomic E-state index is 14.0. The van der Waals surface area contributed by atoms with Crippen LogP contribution in [-0.4, -0.2) is 51.1 Å². The van der Waals surface area contributed by atoms with Gasteiger partial charge in [-0.2, -0.15) is 0 Å². The second-order valence-corrected chi connectivity index (χ2v) is 12.8. The topological polar surface area (TPSA) is 167 Å². The van der Waals surface area contributed by atoms with Gasteiger partial charge in [0, 0.05) is 33.8 Å². The van der Waals surface area contributed by atoms with E-state index in [1.54, 1.807) is 12.1 Å². The van der Waals surface area contributed by atoms with Crippen molar-refractivity contribution in [1.82, 2.24) is 14.5 Å². The van der Waals surface area contributed by atoms with E-state index >= 15 is 0 Å². The highest BCUT2D eigenvalue weighted by Crippen LogP contribution is 2.39. The molecule has 2 aromatic heterocycles. The number of fused-ring (bicyclic) bond motifs is 4. The molecule has 0 radical (unpaired) electrons. The van der Waals surface area contributed by atoms with Crippen molar-refractivity contribution in [2.24, 2.45) is 17.2 Å². The van der Waals surface area contributed by atoms with E-state index in [0.29, 0.717) is 53.9 Å². The van der Waals surface area contributed by atoms with Crippen LogP contribution in [0.3, 0.4) is 0 Å². The number of halogens is 1. The first-order valence-corrected chi connectivity index (χ1v) is 16.9. The van der Waals surface area contributed by atoms with E-state index in [0.717, 1.165) is 58.7 Å². The molecule has 0 unspecified atom stereocenters. The van der Waals surface area contributed by atoms with Crippen molar-refractivity contribution in [1.29, 1.82) is 0 Å². The molecule has 49 heavy (non-hydrogen) atoms. The number of aromatic amines is 1. The fourth-order valence-corrected chi connectivity index (χ4v) is 7.03. The Labute approximate surface area is 282 Å². The number of nitrogens with one attached hydrogen (secondary N) is 2. The maximum Gasteiger partial charge on any atom is 0.323 e. The number of hydrogen-bond acceptors (Lipinski definition) is 7. The van der Waals surface area contributed by atoms with E-state index in [9.17, 15) is 14.0 Å². The molecule has 2 heterocycles. The Hall–Kier alpha value is -5.26. The van der Waals surface area contributed by atoms with Crippen molar-refractivity contribution in [3.63, 3.8) is 0 Å². The van der Waals surface area contributed by atoms with Crippen molar-refractivity contribution in [2.75, 3.05) is 11.9 Å². The summed E-state index contributed by atoms with van der Waals surface area (Å²) in [5, 5.41) is 5.61. The van der Waals surface area contributed by atoms with Gasteiger partial charge in [-0.3, -0.25) is 9.59 Å². The lowest BCUT2D eigenvalue weighted by Gasteiger charge is -2.30. The number of esters is 1. The summed E-state index contributed by atoms with van der Waals surface area (Å²) in [6.07, 6.45) is 4.88. The third kappa shape index (κ3) is 6.47. The third-order valence-corrected chi connectivity index (χ3v) is 9.51. The first kappa shape index (κ1) is 32.3. The second kappa shape index (κ2) is 13.7. The van der Waals surface area contributed by atoms with Crippen LogP contribution in [-0.2, 0) is 9.53 Å². The van der Waals surface area contributed by atoms with Gasteiger partial charge in [-0.05, 0) is 93.6 Å². The van der Waals surface area contributed by atoms with Crippen molar-refractivity contribution in [3.05, 3.63) is 90.2 Å². The molecule has 10 nitrogen and oxygen atoms in total. The first-order valence-electron chi connectivity index (χ1n) is 16.9. The van der Waals surface area contributed by atoms with E-state index in [-0.39, 0.29) is 23.9 Å². The summed E-state index contributed by atoms with van der Waals surface area (Å²) in [6, 6.07) is 23.8. The van der Waals surface area contributed by atoms with Gasteiger partial charge in [0.25, 0.3) is 5.91 Å². The summed E-state index contributed by atoms with van der Waals surface area (Å²) in [7, 11) is 0. The Morgan fingerprint density at radius 1 is 0.980 bits per heavy atom. The van der Waals surface area contributed by atoms with Crippen molar-refractivity contribution in [3.8, 4) is 17.1 Å². The van der Waals surface area contributed by atoms with Crippen LogP contribution in [0.25, 0.3) is 49.9 Å². The van der Waals surface area contributed by atoms with Gasteiger partial charge in [0.1, 0.15) is 23.8 Å². The number of carbonyl (C=O) groups is 2. The number of nitrogens with two attached hydrogens (primary N) is 3. The standard InChI is InChI=1S/C38H40FN7O3/c39-22-11-18-30-32(20-22)45-37(44-30)28-7-5-10-34-35(28)27-6-1-2-9-33(27)46(34)24-14-17-26(36(42)47)31(21-24)43-23-12-15-25(16-13-23)49-38(48)29(41)8-3-4-19-40/h1-2,5-7,9-11,14,17-18,20-21,23,25,29,43H,3-4,8,12-13,15-16,19,40-41H2,(H2,42,47)(H,44,45)/t23?,25?,29-/m1/s1. The summed E-state index contributed by atoms with van der Waals surface area (Å²) in [4.78, 5) is 33.2. The number of rotatable bonds is 11. The molecule has 252 valence electrons. The monoisotopic (exact) mass is 661 g/mol. The zero-order valence-corrected chi connectivity index (χ0v) is 27.1. The number of amides is 1. The molecule has 1 aliphatic rings. The molecule has 1 amide bonds. The predicted molar refractivity (Wildman–Crippen MR) is 191 cm³/mol. The molecule has 1 aliphatic carbocycles. The number of H-pyrrole nitrogens is 1. The lowest BCUT2D eigenvalue weighted by molar-refractivity contribution is -0.152. The van der Waals surface area contributed by atoms with Crippen LogP contribution in [0.1, 0.15) is 55.3 Å². The summed E-state index contributed by atoms with van der Waals surface area (Å²) < 4.78 is 21.9. The van der Waals surface area contributed by atoms with E-state index < -0.39 is 11.9 Å². The van der Waals surface area contributed by atoms with Gasteiger partial charge < -0.3 is 36.8 Å². The van der Waals surface area contributed by atoms with E-state index in [1.807, 2.05) is 36.4 Å². The minimum Gasteiger partial charge on any atom is -0.461 e. The van der Waals surface area contributed by atoms with Crippen LogP contribution in [0.4, 0.5) is 10.1 Å². The van der Waals surface area contributed by atoms with Crippen LogP contribution < -0.4 is 22.5 Å². The summed E-state index contributed by atoms with van der Waals surface area (Å²) in [5.41, 5.74) is 23.5. The predicted octanol–water partition coefficient (Wildman–Crippen LogP) is 6.29. The fourth-order valence-electron chi connectivity index (χ4n) is 7.03. The first-order chi connectivity index (χ1) is 23.8. The number of unbranched alkanes of at least 4 members (excludes halogenated alkanes) is 1. The molecule has 1 fully saturated rings. The van der Waals surface area contributed by atoms with E-state index in [1.165, 1.54) is 12.1 Å². The average molecular weight is 662 g/mol. The van der Waals surface area contributed by atoms with Gasteiger partial charge in [0.2, 0.25) is 0 Å². The molecule has 0 spiro atoms. The Balaban J connectivity index is 1.18. The van der Waals surface area contributed by atoms with Gasteiger partial charge in [0.05, 0.1) is 27.6 Å². The average Bonchev–Trinajstić information content (AvgIpc) is 3.68. The summed E-state index contributed by atoms with van der Waals surface area (Å²) in [6.45, 7) is 0.576. The SMILES string of the molecule is NCCCC[C@@H](N)C(=O)OC1CCC(Nc2cc(-n3c4ccccc4c4c(-c5nc6ccc(F)cc6[nH]5)cccc43)ccc2C(N)=O)CC1. The molecular weight excluding hydrogens is 621 g/mol. The molecule has 6 aromatic rings. The minimum atomic E-state index is -0.636. The number of nitrogens with zero attached hydrogens (tertiary/aromatic N) is 2. The van der Waals surface area contributed by atoms with Crippen LogP contribution in [0, 0.1) is 5.82 Å². The zero-order valence-electron chi connectivity index (χ0n) is 27.1.